The molecule has 2 amide bonds. The Bertz CT molecular complexity index is 676. The molecule has 0 saturated heterocycles. The van der Waals surface area contributed by atoms with E-state index in [1.807, 2.05) is 0 Å². The number of nitrogens with two attached hydrogens (primary N) is 1. The average Bonchev–Trinajstić information content (AvgIpc) is 2.57. The second-order valence-corrected chi connectivity index (χ2v) is 5.90. The number of amides is 2. The van der Waals surface area contributed by atoms with Crippen LogP contribution in [0.2, 0.25) is 0 Å². The van der Waals surface area contributed by atoms with E-state index in [1.54, 1.807) is 6.92 Å². The molecule has 0 radical (unpaired) electrons. The summed E-state index contributed by atoms with van der Waals surface area (Å²) in [5.74, 6) is -3.27. The van der Waals surface area contributed by atoms with Crippen molar-refractivity contribution in [1.82, 2.24) is 5.32 Å². The lowest BCUT2D eigenvalue weighted by atomic mass is 9.97. The average molecular weight is 390 g/mol. The number of ether oxygens (including phenoxy) is 1. The van der Waals surface area contributed by atoms with E-state index >= 15 is 0 Å². The van der Waals surface area contributed by atoms with Crippen LogP contribution in [0.25, 0.3) is 0 Å². The van der Waals surface area contributed by atoms with Crippen molar-refractivity contribution in [3.05, 3.63) is 35.4 Å². The van der Waals surface area contributed by atoms with Crippen LogP contribution in [0.1, 0.15) is 37.5 Å². The summed E-state index contributed by atoms with van der Waals surface area (Å²) >= 11 is 0. The summed E-state index contributed by atoms with van der Waals surface area (Å²) in [6.45, 7) is 3.24. The minimum atomic E-state index is -4.55. The third-order valence-corrected chi connectivity index (χ3v) is 3.77. The molecule has 150 valence electrons. The van der Waals surface area contributed by atoms with E-state index in [0.717, 1.165) is 24.3 Å². The molecule has 4 N–H and O–H groups in total. The van der Waals surface area contributed by atoms with Gasteiger partial charge in [-0.05, 0) is 30.5 Å². The number of halogens is 3. The van der Waals surface area contributed by atoms with E-state index in [1.165, 1.54) is 6.92 Å². The molecule has 3 atom stereocenters. The lowest BCUT2D eigenvalue weighted by molar-refractivity contribution is -0.145. The quantitative estimate of drug-likeness (QED) is 0.578. The number of rotatable bonds is 8. The first-order chi connectivity index (χ1) is 12.5. The topological polar surface area (TPSA) is 119 Å². The van der Waals surface area contributed by atoms with Crippen molar-refractivity contribution in [2.75, 3.05) is 6.61 Å². The summed E-state index contributed by atoms with van der Waals surface area (Å²) in [5, 5.41) is 12.2. The Labute approximate surface area is 153 Å². The van der Waals surface area contributed by atoms with Crippen LogP contribution < -0.4 is 11.1 Å². The Balaban J connectivity index is 2.83. The predicted molar refractivity (Wildman–Crippen MR) is 87.9 cm³/mol. The monoisotopic (exact) mass is 390 g/mol. The minimum absolute atomic E-state index is 0.0956. The van der Waals surface area contributed by atoms with E-state index in [0.29, 0.717) is 0 Å². The van der Waals surface area contributed by atoms with Gasteiger partial charge in [-0.3, -0.25) is 14.4 Å². The Hall–Kier alpha value is -2.62. The minimum Gasteiger partial charge on any atom is -0.466 e. The lowest BCUT2D eigenvalue weighted by Gasteiger charge is -2.23. The fourth-order valence-corrected chi connectivity index (χ4v) is 2.33. The van der Waals surface area contributed by atoms with Crippen LogP contribution in [-0.2, 0) is 25.3 Å². The van der Waals surface area contributed by atoms with Crippen LogP contribution >= 0.6 is 0 Å². The van der Waals surface area contributed by atoms with Gasteiger partial charge in [0.15, 0.2) is 6.10 Å². The molecular weight excluding hydrogens is 369 g/mol. The summed E-state index contributed by atoms with van der Waals surface area (Å²) in [6.07, 6.45) is -6.56. The molecule has 0 heterocycles. The van der Waals surface area contributed by atoms with E-state index in [4.69, 9.17) is 10.5 Å². The maximum atomic E-state index is 12.6. The maximum absolute atomic E-state index is 12.6. The number of nitrogens with one attached hydrogen (secondary N) is 1. The highest BCUT2D eigenvalue weighted by Crippen LogP contribution is 2.30. The van der Waals surface area contributed by atoms with Crippen molar-refractivity contribution in [2.24, 2.45) is 11.7 Å². The third-order valence-electron chi connectivity index (χ3n) is 3.77. The van der Waals surface area contributed by atoms with Crippen LogP contribution in [0.4, 0.5) is 13.2 Å². The van der Waals surface area contributed by atoms with Crippen LogP contribution in [0.5, 0.6) is 0 Å². The first-order valence-electron chi connectivity index (χ1n) is 8.07. The number of benzene rings is 1. The number of carbonyl (C=O) groups excluding carboxylic acids is 3. The maximum Gasteiger partial charge on any atom is 0.416 e. The van der Waals surface area contributed by atoms with E-state index < -0.39 is 47.6 Å². The molecule has 0 aliphatic carbocycles. The van der Waals surface area contributed by atoms with Gasteiger partial charge >= 0.3 is 12.1 Å². The molecule has 1 rings (SSSR count). The van der Waals surface area contributed by atoms with Gasteiger partial charge in [0.05, 0.1) is 18.6 Å². The van der Waals surface area contributed by atoms with Gasteiger partial charge in [-0.25, -0.2) is 0 Å². The molecule has 0 aromatic heterocycles. The van der Waals surface area contributed by atoms with Crippen molar-refractivity contribution >= 4 is 17.8 Å². The van der Waals surface area contributed by atoms with Crippen LogP contribution in [-0.4, -0.2) is 35.5 Å². The second-order valence-electron chi connectivity index (χ2n) is 5.90. The standard InChI is InChI=1S/C17H21F3N2O5/c1-3-27-12(23)8-9(2)13(15(21)25)22-16(26)14(24)10-4-6-11(7-5-10)17(18,19)20/h4-7,9,13-14,24H,3,8H2,1-2H3,(H2,21,25)(H,22,26)/t9-,13-,14+/m0/s1. The van der Waals surface area contributed by atoms with Gasteiger partial charge in [0.25, 0.3) is 5.91 Å². The summed E-state index contributed by atoms with van der Waals surface area (Å²) in [7, 11) is 0. The molecule has 7 nitrogen and oxygen atoms in total. The molecule has 1 aromatic carbocycles. The van der Waals surface area contributed by atoms with Gasteiger partial charge in [0.2, 0.25) is 5.91 Å². The predicted octanol–water partition coefficient (Wildman–Crippen LogP) is 1.30. The molecule has 0 aliphatic rings. The number of primary amides is 1. The first-order valence-corrected chi connectivity index (χ1v) is 8.07. The Kier molecular flexibility index (Phi) is 7.77. The molecule has 0 saturated carbocycles. The van der Waals surface area contributed by atoms with Gasteiger partial charge in [-0.2, -0.15) is 13.2 Å². The number of esters is 1. The Morgan fingerprint density at radius 1 is 1.22 bits per heavy atom. The van der Waals surface area contributed by atoms with Crippen molar-refractivity contribution in [3.63, 3.8) is 0 Å². The zero-order valence-electron chi connectivity index (χ0n) is 14.7. The largest absolute Gasteiger partial charge is 0.466 e. The molecule has 0 bridgehead atoms. The summed E-state index contributed by atoms with van der Waals surface area (Å²) in [5.41, 5.74) is 4.20. The summed E-state index contributed by atoms with van der Waals surface area (Å²) in [4.78, 5) is 35.2. The van der Waals surface area contributed by atoms with Crippen LogP contribution in [0.15, 0.2) is 24.3 Å². The van der Waals surface area contributed by atoms with Crippen molar-refractivity contribution < 1.29 is 37.4 Å². The van der Waals surface area contributed by atoms with Crippen molar-refractivity contribution in [3.8, 4) is 0 Å². The smallest absolute Gasteiger partial charge is 0.416 e. The zero-order valence-corrected chi connectivity index (χ0v) is 14.7. The second kappa shape index (κ2) is 9.36. The van der Waals surface area contributed by atoms with Gasteiger partial charge in [-0.15, -0.1) is 0 Å². The number of hydrogen-bond acceptors (Lipinski definition) is 5. The Morgan fingerprint density at radius 3 is 2.22 bits per heavy atom. The van der Waals surface area contributed by atoms with E-state index in [2.05, 4.69) is 5.32 Å². The third kappa shape index (κ3) is 6.55. The van der Waals surface area contributed by atoms with Crippen molar-refractivity contribution in [2.45, 2.75) is 38.6 Å². The van der Waals surface area contributed by atoms with Crippen molar-refractivity contribution in [1.29, 1.82) is 0 Å². The van der Waals surface area contributed by atoms with Crippen LogP contribution in [0.3, 0.4) is 0 Å². The van der Waals surface area contributed by atoms with Gasteiger partial charge in [-0.1, -0.05) is 19.1 Å². The van der Waals surface area contributed by atoms with Crippen LogP contribution in [0, 0.1) is 5.92 Å². The number of hydrogen-bond donors (Lipinski definition) is 3. The number of carbonyl (C=O) groups is 3. The van der Waals surface area contributed by atoms with Gasteiger partial charge in [0.1, 0.15) is 6.04 Å². The molecule has 27 heavy (non-hydrogen) atoms. The highest BCUT2D eigenvalue weighted by Gasteiger charge is 2.32. The zero-order chi connectivity index (χ0) is 20.8. The van der Waals surface area contributed by atoms with Gasteiger partial charge < -0.3 is 20.9 Å². The fourth-order valence-electron chi connectivity index (χ4n) is 2.33. The molecule has 1 aromatic rings. The lowest BCUT2D eigenvalue weighted by Crippen LogP contribution is -2.50. The molecule has 0 unspecified atom stereocenters. The fraction of sp³-hybridized carbons (Fsp3) is 0.471. The van der Waals surface area contributed by atoms with E-state index in [9.17, 15) is 32.7 Å². The molecular formula is C17H21F3N2O5. The first kappa shape index (κ1) is 22.4. The molecule has 10 heteroatoms. The molecule has 0 fully saturated rings. The highest BCUT2D eigenvalue weighted by molar-refractivity contribution is 5.89. The number of aliphatic hydroxyl groups is 1. The summed E-state index contributed by atoms with van der Waals surface area (Å²) < 4.78 is 42.4. The SMILES string of the molecule is CCOC(=O)C[C@H](C)[C@H](NC(=O)[C@H](O)c1ccc(C(F)(F)F)cc1)C(N)=O. The van der Waals surface area contributed by atoms with Gasteiger partial charge in [0, 0.05) is 0 Å². The number of alkyl halides is 3. The molecule has 0 spiro atoms. The normalized spacial score (nSPS) is 14.7. The van der Waals surface area contributed by atoms with E-state index in [-0.39, 0.29) is 18.6 Å². The molecule has 0 aliphatic heterocycles. The Morgan fingerprint density at radius 2 is 1.78 bits per heavy atom. The summed E-state index contributed by atoms with van der Waals surface area (Å²) in [6, 6.07) is 2.08. The number of aliphatic hydroxyl groups excluding tert-OH is 1. The highest BCUT2D eigenvalue weighted by atomic mass is 19.4.